The molecule has 138 valence electrons. The number of carboxylic acid groups (broad SMARTS) is 1. The smallest absolute Gasteiger partial charge is 0.348 e. The summed E-state index contributed by atoms with van der Waals surface area (Å²) in [5, 5.41) is 13.8. The summed E-state index contributed by atoms with van der Waals surface area (Å²) >= 11 is 0. The highest BCUT2D eigenvalue weighted by molar-refractivity contribution is 5.81. The molecule has 1 N–H and O–H groups in total. The highest BCUT2D eigenvalue weighted by atomic mass is 16.5. The minimum Gasteiger partial charge on any atom is -0.478 e. The van der Waals surface area contributed by atoms with Crippen LogP contribution in [0.2, 0.25) is 0 Å². The number of carbonyl (C=O) groups is 2. The van der Waals surface area contributed by atoms with E-state index in [4.69, 9.17) is 4.74 Å². The molecule has 1 saturated heterocycles. The van der Waals surface area contributed by atoms with Crippen LogP contribution in [0, 0.1) is 5.92 Å². The van der Waals surface area contributed by atoms with Gasteiger partial charge in [-0.2, -0.15) is 5.10 Å². The standard InChI is InChI=1S/C19H23N3O4/c1-15(14-22-11-5-10-20-22)17(23)21-12-8-19(9-13-21,18(24)25)26-16-6-3-2-4-7-16/h2-7,10-11,15H,8-9,12-14H2,1H3,(H,24,25)/t15-/m0/s1. The zero-order valence-electron chi connectivity index (χ0n) is 14.7. The van der Waals surface area contributed by atoms with Crippen LogP contribution in [-0.4, -0.2) is 50.4 Å². The molecule has 0 aliphatic carbocycles. The molecule has 1 amide bonds. The van der Waals surface area contributed by atoms with Crippen molar-refractivity contribution >= 4 is 11.9 Å². The van der Waals surface area contributed by atoms with Crippen molar-refractivity contribution in [3.63, 3.8) is 0 Å². The molecule has 0 unspecified atom stereocenters. The number of nitrogens with zero attached hydrogens (tertiary/aromatic N) is 3. The number of aliphatic carboxylic acids is 1. The number of aromatic nitrogens is 2. The van der Waals surface area contributed by atoms with Gasteiger partial charge in [0, 0.05) is 38.3 Å². The molecule has 2 heterocycles. The average Bonchev–Trinajstić information content (AvgIpc) is 3.15. The summed E-state index contributed by atoms with van der Waals surface area (Å²) in [7, 11) is 0. The van der Waals surface area contributed by atoms with Crippen LogP contribution in [0.4, 0.5) is 0 Å². The van der Waals surface area contributed by atoms with Crippen molar-refractivity contribution < 1.29 is 19.4 Å². The van der Waals surface area contributed by atoms with E-state index in [9.17, 15) is 14.7 Å². The van der Waals surface area contributed by atoms with Gasteiger partial charge in [-0.1, -0.05) is 25.1 Å². The number of para-hydroxylation sites is 1. The van der Waals surface area contributed by atoms with Gasteiger partial charge in [0.15, 0.2) is 0 Å². The second kappa shape index (κ2) is 7.59. The number of hydrogen-bond donors (Lipinski definition) is 1. The van der Waals surface area contributed by atoms with E-state index in [0.717, 1.165) is 0 Å². The zero-order valence-corrected chi connectivity index (χ0v) is 14.7. The quantitative estimate of drug-likeness (QED) is 0.855. The Kier molecular flexibility index (Phi) is 5.25. The van der Waals surface area contributed by atoms with Crippen molar-refractivity contribution in [2.24, 2.45) is 5.92 Å². The third-order valence-corrected chi connectivity index (χ3v) is 4.77. The first-order valence-electron chi connectivity index (χ1n) is 8.74. The van der Waals surface area contributed by atoms with Crippen LogP contribution < -0.4 is 4.74 Å². The minimum absolute atomic E-state index is 0.0131. The molecule has 2 aromatic rings. The van der Waals surface area contributed by atoms with Crippen molar-refractivity contribution in [3.05, 3.63) is 48.8 Å². The first kappa shape index (κ1) is 18.0. The van der Waals surface area contributed by atoms with Gasteiger partial charge in [-0.3, -0.25) is 9.48 Å². The van der Waals surface area contributed by atoms with Crippen molar-refractivity contribution in [1.29, 1.82) is 0 Å². The lowest BCUT2D eigenvalue weighted by atomic mass is 9.90. The number of carbonyl (C=O) groups excluding carboxylic acids is 1. The number of carboxylic acids is 1. The van der Waals surface area contributed by atoms with Gasteiger partial charge in [0.1, 0.15) is 5.75 Å². The Morgan fingerprint density at radius 1 is 1.23 bits per heavy atom. The molecule has 0 saturated carbocycles. The molecule has 1 aromatic heterocycles. The lowest BCUT2D eigenvalue weighted by Gasteiger charge is -2.39. The van der Waals surface area contributed by atoms with Crippen LogP contribution in [-0.2, 0) is 16.1 Å². The molecule has 0 spiro atoms. The fourth-order valence-electron chi connectivity index (χ4n) is 3.24. The molecule has 1 aliphatic heterocycles. The molecular weight excluding hydrogens is 334 g/mol. The SMILES string of the molecule is C[C@@H](Cn1cccn1)C(=O)N1CCC(Oc2ccccc2)(C(=O)O)CC1. The van der Waals surface area contributed by atoms with Gasteiger partial charge in [-0.15, -0.1) is 0 Å². The summed E-state index contributed by atoms with van der Waals surface area (Å²) in [5.74, 6) is -0.666. The lowest BCUT2D eigenvalue weighted by molar-refractivity contribution is -0.162. The highest BCUT2D eigenvalue weighted by Gasteiger charge is 2.45. The topological polar surface area (TPSA) is 84.7 Å². The highest BCUT2D eigenvalue weighted by Crippen LogP contribution is 2.30. The number of hydrogen-bond acceptors (Lipinski definition) is 4. The number of ether oxygens (including phenoxy) is 1. The van der Waals surface area contributed by atoms with Crippen LogP contribution in [0.25, 0.3) is 0 Å². The molecule has 7 nitrogen and oxygen atoms in total. The number of amides is 1. The molecule has 7 heteroatoms. The van der Waals surface area contributed by atoms with E-state index in [2.05, 4.69) is 5.10 Å². The summed E-state index contributed by atoms with van der Waals surface area (Å²) in [4.78, 5) is 26.2. The third kappa shape index (κ3) is 3.87. The van der Waals surface area contributed by atoms with Crippen LogP contribution in [0.5, 0.6) is 5.75 Å². The summed E-state index contributed by atoms with van der Waals surface area (Å²) in [6.07, 6.45) is 4.03. The van der Waals surface area contributed by atoms with E-state index in [0.29, 0.717) is 25.4 Å². The summed E-state index contributed by atoms with van der Waals surface area (Å²) in [6.45, 7) is 3.10. The number of piperidine rings is 1. The van der Waals surface area contributed by atoms with Crippen molar-refractivity contribution in [2.75, 3.05) is 13.1 Å². The van der Waals surface area contributed by atoms with E-state index in [1.807, 2.05) is 25.3 Å². The Balaban J connectivity index is 1.62. The number of likely N-dealkylation sites (tertiary alicyclic amines) is 1. The molecular formula is C19H23N3O4. The van der Waals surface area contributed by atoms with Gasteiger partial charge in [0.25, 0.3) is 0 Å². The normalized spacial score (nSPS) is 17.5. The number of rotatable bonds is 6. The fourth-order valence-corrected chi connectivity index (χ4v) is 3.24. The summed E-state index contributed by atoms with van der Waals surface area (Å²) < 4.78 is 7.56. The van der Waals surface area contributed by atoms with Gasteiger partial charge in [0.2, 0.25) is 11.5 Å². The maximum atomic E-state index is 12.7. The molecule has 1 fully saturated rings. The van der Waals surface area contributed by atoms with Crippen LogP contribution in [0.3, 0.4) is 0 Å². The van der Waals surface area contributed by atoms with Gasteiger partial charge in [-0.25, -0.2) is 4.79 Å². The van der Waals surface area contributed by atoms with E-state index >= 15 is 0 Å². The van der Waals surface area contributed by atoms with E-state index in [1.165, 1.54) is 0 Å². The first-order chi connectivity index (χ1) is 12.5. The molecule has 1 atom stereocenters. The van der Waals surface area contributed by atoms with Crippen molar-refractivity contribution in [2.45, 2.75) is 31.9 Å². The second-order valence-corrected chi connectivity index (χ2v) is 6.67. The largest absolute Gasteiger partial charge is 0.478 e. The maximum absolute atomic E-state index is 12.7. The van der Waals surface area contributed by atoms with E-state index in [-0.39, 0.29) is 24.7 Å². The minimum atomic E-state index is -1.29. The predicted molar refractivity (Wildman–Crippen MR) is 94.6 cm³/mol. The van der Waals surface area contributed by atoms with Gasteiger partial charge >= 0.3 is 5.97 Å². The average molecular weight is 357 g/mol. The Hall–Kier alpha value is -2.83. The first-order valence-corrected chi connectivity index (χ1v) is 8.74. The van der Waals surface area contributed by atoms with Gasteiger partial charge in [0.05, 0.1) is 12.5 Å². The summed E-state index contributed by atoms with van der Waals surface area (Å²) in [6, 6.07) is 10.8. The molecule has 0 radical (unpaired) electrons. The summed E-state index contributed by atoms with van der Waals surface area (Å²) in [5.41, 5.74) is -1.29. The van der Waals surface area contributed by atoms with Crippen molar-refractivity contribution in [3.8, 4) is 5.75 Å². The molecule has 0 bridgehead atoms. The number of benzene rings is 1. The Morgan fingerprint density at radius 2 is 1.92 bits per heavy atom. The van der Waals surface area contributed by atoms with E-state index < -0.39 is 11.6 Å². The second-order valence-electron chi connectivity index (χ2n) is 6.67. The Morgan fingerprint density at radius 3 is 2.50 bits per heavy atom. The molecule has 1 aliphatic rings. The molecule has 26 heavy (non-hydrogen) atoms. The van der Waals surface area contributed by atoms with Gasteiger partial charge < -0.3 is 14.7 Å². The van der Waals surface area contributed by atoms with Gasteiger partial charge in [-0.05, 0) is 18.2 Å². The molecule has 3 rings (SSSR count). The van der Waals surface area contributed by atoms with E-state index in [1.54, 1.807) is 40.0 Å². The zero-order chi connectivity index (χ0) is 18.6. The van der Waals surface area contributed by atoms with Crippen LogP contribution >= 0.6 is 0 Å². The van der Waals surface area contributed by atoms with Crippen LogP contribution in [0.1, 0.15) is 19.8 Å². The lowest BCUT2D eigenvalue weighted by Crippen LogP contribution is -2.55. The van der Waals surface area contributed by atoms with Crippen LogP contribution in [0.15, 0.2) is 48.8 Å². The Labute approximate surface area is 152 Å². The van der Waals surface area contributed by atoms with Crippen molar-refractivity contribution in [1.82, 2.24) is 14.7 Å². The maximum Gasteiger partial charge on any atom is 0.348 e. The predicted octanol–water partition coefficient (Wildman–Crippen LogP) is 2.04. The third-order valence-electron chi connectivity index (χ3n) is 4.77. The Bertz CT molecular complexity index is 737. The molecule has 1 aromatic carbocycles. The fraction of sp³-hybridized carbons (Fsp3) is 0.421. The monoisotopic (exact) mass is 357 g/mol.